The molecule has 1 aromatic rings. The summed E-state index contributed by atoms with van der Waals surface area (Å²) in [5, 5.41) is 0. The van der Waals surface area contributed by atoms with E-state index in [1.807, 2.05) is 0 Å². The van der Waals surface area contributed by atoms with Crippen LogP contribution in [0.2, 0.25) is 0 Å². The van der Waals surface area contributed by atoms with Crippen molar-refractivity contribution in [3.05, 3.63) is 42.7 Å². The maximum atomic E-state index is 12.2. The number of likely N-dealkylation sites (tertiary alicyclic amines) is 1. The van der Waals surface area contributed by atoms with Crippen LogP contribution in [0.5, 0.6) is 0 Å². The lowest BCUT2D eigenvalue weighted by molar-refractivity contribution is -0.127. The summed E-state index contributed by atoms with van der Waals surface area (Å²) in [5.74, 6) is 0.0825. The van der Waals surface area contributed by atoms with Gasteiger partial charge in [0.15, 0.2) is 5.78 Å². The van der Waals surface area contributed by atoms with E-state index in [2.05, 4.69) is 11.6 Å². The van der Waals surface area contributed by atoms with Crippen molar-refractivity contribution in [3.63, 3.8) is 0 Å². The predicted molar refractivity (Wildman–Crippen MR) is 68.1 cm³/mol. The van der Waals surface area contributed by atoms with Crippen LogP contribution in [0, 0.1) is 5.92 Å². The molecule has 0 bridgehead atoms. The molecule has 4 heteroatoms. The number of rotatable bonds is 3. The fourth-order valence-corrected chi connectivity index (χ4v) is 2.24. The van der Waals surface area contributed by atoms with Crippen molar-refractivity contribution >= 4 is 11.7 Å². The number of hydrogen-bond donors (Lipinski definition) is 0. The van der Waals surface area contributed by atoms with Crippen LogP contribution in [0.3, 0.4) is 0 Å². The van der Waals surface area contributed by atoms with E-state index in [1.54, 1.807) is 29.4 Å². The third-order valence-electron chi connectivity index (χ3n) is 3.30. The zero-order valence-electron chi connectivity index (χ0n) is 10.2. The lowest BCUT2D eigenvalue weighted by Crippen LogP contribution is -2.39. The molecule has 2 heterocycles. The zero-order chi connectivity index (χ0) is 13.0. The first kappa shape index (κ1) is 12.5. The van der Waals surface area contributed by atoms with Gasteiger partial charge in [-0.25, -0.2) is 0 Å². The summed E-state index contributed by atoms with van der Waals surface area (Å²) >= 11 is 0. The maximum absolute atomic E-state index is 12.2. The minimum atomic E-state index is -0.0534. The normalized spacial score (nSPS) is 16.3. The molecule has 4 nitrogen and oxygen atoms in total. The number of aromatic nitrogens is 1. The number of carbonyl (C=O) groups excluding carboxylic acids is 2. The molecule has 0 aliphatic carbocycles. The largest absolute Gasteiger partial charge is 0.339 e. The van der Waals surface area contributed by atoms with Crippen LogP contribution >= 0.6 is 0 Å². The summed E-state index contributed by atoms with van der Waals surface area (Å²) in [6, 6.07) is 3.56. The number of amides is 1. The van der Waals surface area contributed by atoms with Crippen molar-refractivity contribution in [2.24, 2.45) is 5.92 Å². The molecule has 2 rings (SSSR count). The summed E-state index contributed by atoms with van der Waals surface area (Å²) in [6.45, 7) is 4.72. The summed E-state index contributed by atoms with van der Waals surface area (Å²) in [7, 11) is 0. The van der Waals surface area contributed by atoms with Gasteiger partial charge in [0.25, 0.3) is 0 Å². The molecule has 1 fully saturated rings. The van der Waals surface area contributed by atoms with Crippen LogP contribution in [0.25, 0.3) is 0 Å². The first-order valence-corrected chi connectivity index (χ1v) is 6.08. The van der Waals surface area contributed by atoms with E-state index >= 15 is 0 Å². The minimum absolute atomic E-state index is 0.00284. The highest BCUT2D eigenvalue weighted by Gasteiger charge is 2.27. The Hall–Kier alpha value is -1.97. The van der Waals surface area contributed by atoms with Crippen molar-refractivity contribution in [3.8, 4) is 0 Å². The second kappa shape index (κ2) is 5.58. The number of piperidine rings is 1. The molecule has 0 atom stereocenters. The van der Waals surface area contributed by atoms with E-state index in [0.29, 0.717) is 31.5 Å². The van der Waals surface area contributed by atoms with Crippen LogP contribution in [-0.2, 0) is 4.79 Å². The molecule has 0 N–H and O–H groups in total. The fourth-order valence-electron chi connectivity index (χ4n) is 2.24. The molecule has 0 spiro atoms. The van der Waals surface area contributed by atoms with E-state index in [0.717, 1.165) is 0 Å². The van der Waals surface area contributed by atoms with Gasteiger partial charge in [-0.1, -0.05) is 6.58 Å². The zero-order valence-corrected chi connectivity index (χ0v) is 10.2. The Morgan fingerprint density at radius 2 is 2.11 bits per heavy atom. The summed E-state index contributed by atoms with van der Waals surface area (Å²) < 4.78 is 0. The Bertz CT molecular complexity index is 448. The third kappa shape index (κ3) is 2.64. The molecular weight excluding hydrogens is 228 g/mol. The minimum Gasteiger partial charge on any atom is -0.339 e. The average molecular weight is 244 g/mol. The van der Waals surface area contributed by atoms with Crippen molar-refractivity contribution in [1.29, 1.82) is 0 Å². The highest BCUT2D eigenvalue weighted by molar-refractivity contribution is 5.97. The molecule has 0 unspecified atom stereocenters. The van der Waals surface area contributed by atoms with Crippen LogP contribution in [-0.4, -0.2) is 34.7 Å². The monoisotopic (exact) mass is 244 g/mol. The molecule has 18 heavy (non-hydrogen) atoms. The molecule has 1 aliphatic heterocycles. The van der Waals surface area contributed by atoms with E-state index < -0.39 is 0 Å². The van der Waals surface area contributed by atoms with Gasteiger partial charge in [-0.05, 0) is 31.1 Å². The van der Waals surface area contributed by atoms with Crippen LogP contribution in [0.15, 0.2) is 37.2 Å². The molecule has 1 aliphatic rings. The molecule has 0 radical (unpaired) electrons. The molecule has 1 saturated heterocycles. The third-order valence-corrected chi connectivity index (χ3v) is 3.30. The highest BCUT2D eigenvalue weighted by Crippen LogP contribution is 2.21. The Labute approximate surface area is 106 Å². The first-order valence-electron chi connectivity index (χ1n) is 6.08. The van der Waals surface area contributed by atoms with Gasteiger partial charge >= 0.3 is 0 Å². The molecule has 1 amide bonds. The number of pyridine rings is 1. The van der Waals surface area contributed by atoms with Crippen molar-refractivity contribution in [2.75, 3.05) is 13.1 Å². The van der Waals surface area contributed by atoms with Crippen LogP contribution in [0.4, 0.5) is 0 Å². The summed E-state index contributed by atoms with van der Waals surface area (Å²) in [6.07, 6.45) is 6.01. The van der Waals surface area contributed by atoms with Crippen molar-refractivity contribution in [2.45, 2.75) is 12.8 Å². The molecular formula is C14H16N2O2. The maximum Gasteiger partial charge on any atom is 0.245 e. The van der Waals surface area contributed by atoms with Gasteiger partial charge in [-0.15, -0.1) is 0 Å². The lowest BCUT2D eigenvalue weighted by Gasteiger charge is -2.30. The van der Waals surface area contributed by atoms with Gasteiger partial charge in [0.05, 0.1) is 0 Å². The first-order chi connectivity index (χ1) is 8.72. The standard InChI is InChI=1S/C14H16N2O2/c1-2-13(17)16-8-5-11(6-9-16)14(18)12-4-3-7-15-10-12/h2-4,7,10-11H,1,5-6,8-9H2. The molecule has 1 aromatic heterocycles. The van der Waals surface area contributed by atoms with E-state index in [-0.39, 0.29) is 17.6 Å². The fraction of sp³-hybridized carbons (Fsp3) is 0.357. The van der Waals surface area contributed by atoms with Crippen molar-refractivity contribution < 1.29 is 9.59 Å². The number of Topliss-reactive ketones (excluding diaryl/α,β-unsaturated/α-hetero) is 1. The SMILES string of the molecule is C=CC(=O)N1CCC(C(=O)c2cccnc2)CC1. The van der Waals surface area contributed by atoms with Gasteiger partial charge < -0.3 is 4.90 Å². The number of nitrogens with zero attached hydrogens (tertiary/aromatic N) is 2. The van der Waals surface area contributed by atoms with E-state index in [1.165, 1.54) is 6.08 Å². The second-order valence-electron chi connectivity index (χ2n) is 4.41. The lowest BCUT2D eigenvalue weighted by atomic mass is 9.89. The van der Waals surface area contributed by atoms with Crippen LogP contribution < -0.4 is 0 Å². The Morgan fingerprint density at radius 3 is 2.67 bits per heavy atom. The highest BCUT2D eigenvalue weighted by atomic mass is 16.2. The molecule has 0 saturated carbocycles. The van der Waals surface area contributed by atoms with Gasteiger partial charge in [0, 0.05) is 37.0 Å². The summed E-state index contributed by atoms with van der Waals surface area (Å²) in [4.78, 5) is 29.3. The Morgan fingerprint density at radius 1 is 1.39 bits per heavy atom. The number of carbonyl (C=O) groups is 2. The summed E-state index contributed by atoms with van der Waals surface area (Å²) in [5.41, 5.74) is 0.658. The average Bonchev–Trinajstić information content (AvgIpc) is 2.47. The van der Waals surface area contributed by atoms with Gasteiger partial charge in [-0.3, -0.25) is 14.6 Å². The Balaban J connectivity index is 1.96. The predicted octanol–water partition coefficient (Wildman–Crippen LogP) is 1.69. The van der Waals surface area contributed by atoms with Crippen LogP contribution in [0.1, 0.15) is 23.2 Å². The smallest absolute Gasteiger partial charge is 0.245 e. The molecule has 0 aromatic carbocycles. The van der Waals surface area contributed by atoms with Gasteiger partial charge in [-0.2, -0.15) is 0 Å². The molecule has 94 valence electrons. The van der Waals surface area contributed by atoms with Gasteiger partial charge in [0.2, 0.25) is 5.91 Å². The second-order valence-corrected chi connectivity index (χ2v) is 4.41. The number of hydrogen-bond acceptors (Lipinski definition) is 3. The Kier molecular flexibility index (Phi) is 3.87. The van der Waals surface area contributed by atoms with E-state index in [4.69, 9.17) is 0 Å². The van der Waals surface area contributed by atoms with Crippen molar-refractivity contribution in [1.82, 2.24) is 9.88 Å². The topological polar surface area (TPSA) is 50.3 Å². The van der Waals surface area contributed by atoms with E-state index in [9.17, 15) is 9.59 Å². The van der Waals surface area contributed by atoms with Gasteiger partial charge in [0.1, 0.15) is 0 Å². The number of ketones is 1. The quantitative estimate of drug-likeness (QED) is 0.600.